The standard InChI is InChI=1S/C21H33N3O3/c1-15-11-19(26-3)20(27-4)12-18(15)13-23-7-9-24(10-8-23)14-21(25)22-16(2)17-5-6-17/h11-12,16-17H,5-10,13-14H2,1-4H3,(H,22,25)/t16-/m1/s1. The van der Waals surface area contributed by atoms with Gasteiger partial charge in [0.1, 0.15) is 0 Å². The third kappa shape index (κ3) is 5.36. The van der Waals surface area contributed by atoms with Crippen LogP contribution in [0.4, 0.5) is 0 Å². The summed E-state index contributed by atoms with van der Waals surface area (Å²) in [5.41, 5.74) is 2.47. The van der Waals surface area contributed by atoms with Crippen molar-refractivity contribution < 1.29 is 14.3 Å². The first-order valence-electron chi connectivity index (χ1n) is 9.95. The van der Waals surface area contributed by atoms with Crippen LogP contribution >= 0.6 is 0 Å². The lowest BCUT2D eigenvalue weighted by atomic mass is 10.1. The Kier molecular flexibility index (Phi) is 6.60. The fraction of sp³-hybridized carbons (Fsp3) is 0.667. The van der Waals surface area contributed by atoms with Gasteiger partial charge in [-0.15, -0.1) is 0 Å². The molecule has 1 aromatic rings. The molecule has 1 saturated carbocycles. The molecule has 1 aliphatic carbocycles. The molecule has 27 heavy (non-hydrogen) atoms. The van der Waals surface area contributed by atoms with Crippen LogP contribution in [-0.4, -0.2) is 68.7 Å². The minimum absolute atomic E-state index is 0.165. The molecule has 0 radical (unpaired) electrons. The highest BCUT2D eigenvalue weighted by Crippen LogP contribution is 2.32. The van der Waals surface area contributed by atoms with E-state index in [2.05, 4.69) is 35.0 Å². The second-order valence-electron chi connectivity index (χ2n) is 7.88. The van der Waals surface area contributed by atoms with E-state index in [9.17, 15) is 4.79 Å². The third-order valence-corrected chi connectivity index (χ3v) is 5.79. The number of nitrogens with one attached hydrogen (secondary N) is 1. The Morgan fingerprint density at radius 1 is 1.11 bits per heavy atom. The lowest BCUT2D eigenvalue weighted by molar-refractivity contribution is -0.123. The van der Waals surface area contributed by atoms with Crippen molar-refractivity contribution in [1.29, 1.82) is 0 Å². The zero-order valence-electron chi connectivity index (χ0n) is 17.1. The zero-order valence-corrected chi connectivity index (χ0v) is 17.1. The first kappa shape index (κ1) is 20.0. The molecule has 1 amide bonds. The molecule has 6 nitrogen and oxygen atoms in total. The van der Waals surface area contributed by atoms with Gasteiger partial charge in [-0.25, -0.2) is 0 Å². The molecule has 0 aromatic heterocycles. The summed E-state index contributed by atoms with van der Waals surface area (Å²) < 4.78 is 10.8. The summed E-state index contributed by atoms with van der Waals surface area (Å²) in [6.07, 6.45) is 2.52. The SMILES string of the molecule is COc1cc(C)c(CN2CCN(CC(=O)N[C@H](C)C3CC3)CC2)cc1OC. The summed E-state index contributed by atoms with van der Waals surface area (Å²) in [5.74, 6) is 2.42. The Bertz CT molecular complexity index is 652. The number of carbonyl (C=O) groups excluding carboxylic acids is 1. The summed E-state index contributed by atoms with van der Waals surface area (Å²) >= 11 is 0. The molecular formula is C21H33N3O3. The van der Waals surface area contributed by atoms with E-state index in [1.165, 1.54) is 24.0 Å². The number of hydrogen-bond acceptors (Lipinski definition) is 5. The largest absolute Gasteiger partial charge is 0.493 e. The summed E-state index contributed by atoms with van der Waals surface area (Å²) in [4.78, 5) is 16.9. The third-order valence-electron chi connectivity index (χ3n) is 5.79. The molecule has 0 bridgehead atoms. The summed E-state index contributed by atoms with van der Waals surface area (Å²) in [6.45, 7) is 9.44. The van der Waals surface area contributed by atoms with Crippen molar-refractivity contribution in [3.8, 4) is 11.5 Å². The van der Waals surface area contributed by atoms with Gasteiger partial charge < -0.3 is 14.8 Å². The van der Waals surface area contributed by atoms with Crippen molar-refractivity contribution in [2.75, 3.05) is 46.9 Å². The molecule has 1 aromatic carbocycles. The van der Waals surface area contributed by atoms with Gasteiger partial charge in [0.15, 0.2) is 11.5 Å². The number of ether oxygens (including phenoxy) is 2. The number of benzene rings is 1. The molecule has 150 valence electrons. The summed E-state index contributed by atoms with van der Waals surface area (Å²) in [5, 5.41) is 3.15. The van der Waals surface area contributed by atoms with E-state index >= 15 is 0 Å². The molecule has 6 heteroatoms. The van der Waals surface area contributed by atoms with Crippen LogP contribution in [0.15, 0.2) is 12.1 Å². The summed E-state index contributed by atoms with van der Waals surface area (Å²) in [7, 11) is 3.34. The van der Waals surface area contributed by atoms with Crippen LogP contribution < -0.4 is 14.8 Å². The second-order valence-corrected chi connectivity index (χ2v) is 7.88. The van der Waals surface area contributed by atoms with E-state index in [1.54, 1.807) is 14.2 Å². The predicted octanol–water partition coefficient (Wildman–Crippen LogP) is 2.04. The van der Waals surface area contributed by atoms with Crippen molar-refractivity contribution in [1.82, 2.24) is 15.1 Å². The van der Waals surface area contributed by atoms with E-state index in [-0.39, 0.29) is 5.91 Å². The quantitative estimate of drug-likeness (QED) is 0.754. The molecule has 0 spiro atoms. The minimum Gasteiger partial charge on any atom is -0.493 e. The highest BCUT2D eigenvalue weighted by Gasteiger charge is 2.29. The molecule has 1 N–H and O–H groups in total. The maximum Gasteiger partial charge on any atom is 0.234 e. The average molecular weight is 376 g/mol. The predicted molar refractivity (Wildman–Crippen MR) is 106 cm³/mol. The molecule has 0 unspecified atom stereocenters. The molecule has 2 fully saturated rings. The fourth-order valence-corrected chi connectivity index (χ4v) is 3.76. The van der Waals surface area contributed by atoms with Crippen LogP contribution in [0.5, 0.6) is 11.5 Å². The maximum atomic E-state index is 12.2. The van der Waals surface area contributed by atoms with Crippen LogP contribution in [0.1, 0.15) is 30.9 Å². The number of carbonyl (C=O) groups is 1. The molecule has 1 atom stereocenters. The van der Waals surface area contributed by atoms with Crippen molar-refractivity contribution in [2.24, 2.45) is 5.92 Å². The molecule has 3 rings (SSSR count). The van der Waals surface area contributed by atoms with Gasteiger partial charge >= 0.3 is 0 Å². The Morgan fingerprint density at radius 3 is 2.30 bits per heavy atom. The zero-order chi connectivity index (χ0) is 19.4. The Hall–Kier alpha value is -1.79. The molecule has 1 saturated heterocycles. The lowest BCUT2D eigenvalue weighted by Crippen LogP contribution is -2.50. The van der Waals surface area contributed by atoms with Gasteiger partial charge in [-0.3, -0.25) is 14.6 Å². The Morgan fingerprint density at radius 2 is 1.70 bits per heavy atom. The van der Waals surface area contributed by atoms with Gasteiger partial charge in [0.25, 0.3) is 0 Å². The van der Waals surface area contributed by atoms with Crippen LogP contribution in [-0.2, 0) is 11.3 Å². The highest BCUT2D eigenvalue weighted by molar-refractivity contribution is 5.78. The van der Waals surface area contributed by atoms with Crippen LogP contribution in [0.2, 0.25) is 0 Å². The topological polar surface area (TPSA) is 54.0 Å². The van der Waals surface area contributed by atoms with Crippen molar-refractivity contribution >= 4 is 5.91 Å². The monoisotopic (exact) mass is 375 g/mol. The average Bonchev–Trinajstić information content (AvgIpc) is 3.49. The smallest absolute Gasteiger partial charge is 0.234 e. The minimum atomic E-state index is 0.165. The van der Waals surface area contributed by atoms with Gasteiger partial charge in [0.05, 0.1) is 20.8 Å². The number of methoxy groups -OCH3 is 2. The molecule has 1 heterocycles. The maximum absolute atomic E-state index is 12.2. The normalized spacial score (nSPS) is 19.6. The van der Waals surface area contributed by atoms with Crippen molar-refractivity contribution in [2.45, 2.75) is 39.3 Å². The second kappa shape index (κ2) is 8.93. The first-order chi connectivity index (χ1) is 13.0. The van der Waals surface area contributed by atoms with E-state index < -0.39 is 0 Å². The van der Waals surface area contributed by atoms with Gasteiger partial charge in [-0.2, -0.15) is 0 Å². The first-order valence-corrected chi connectivity index (χ1v) is 9.95. The Balaban J connectivity index is 1.47. The fourth-order valence-electron chi connectivity index (χ4n) is 3.76. The van der Waals surface area contributed by atoms with Gasteiger partial charge in [-0.1, -0.05) is 0 Å². The van der Waals surface area contributed by atoms with E-state index in [1.807, 2.05) is 6.07 Å². The number of nitrogens with zero attached hydrogens (tertiary/aromatic N) is 2. The number of rotatable bonds is 8. The number of aryl methyl sites for hydroxylation is 1. The highest BCUT2D eigenvalue weighted by atomic mass is 16.5. The Labute approximate surface area is 162 Å². The van der Waals surface area contributed by atoms with Crippen LogP contribution in [0.25, 0.3) is 0 Å². The van der Waals surface area contributed by atoms with Gasteiger partial charge in [-0.05, 0) is 55.9 Å². The van der Waals surface area contributed by atoms with Crippen LogP contribution in [0.3, 0.4) is 0 Å². The lowest BCUT2D eigenvalue weighted by Gasteiger charge is -2.34. The summed E-state index contributed by atoms with van der Waals surface area (Å²) in [6, 6.07) is 4.44. The molecular weight excluding hydrogens is 342 g/mol. The van der Waals surface area contributed by atoms with E-state index in [4.69, 9.17) is 9.47 Å². The van der Waals surface area contributed by atoms with Crippen LogP contribution in [0, 0.1) is 12.8 Å². The number of amides is 1. The number of piperazine rings is 1. The van der Waals surface area contributed by atoms with Gasteiger partial charge in [0.2, 0.25) is 5.91 Å². The van der Waals surface area contributed by atoms with Gasteiger partial charge in [0, 0.05) is 38.8 Å². The molecule has 2 aliphatic rings. The van der Waals surface area contributed by atoms with E-state index in [0.717, 1.165) is 44.2 Å². The van der Waals surface area contributed by atoms with E-state index in [0.29, 0.717) is 18.5 Å². The number of hydrogen-bond donors (Lipinski definition) is 1. The van der Waals surface area contributed by atoms with Crippen molar-refractivity contribution in [3.63, 3.8) is 0 Å². The van der Waals surface area contributed by atoms with Crippen molar-refractivity contribution in [3.05, 3.63) is 23.3 Å². The molecule has 1 aliphatic heterocycles.